The molecule has 3 aromatic carbocycles. The number of aryl methyl sites for hydroxylation is 3. The van der Waals surface area contributed by atoms with Crippen LogP contribution in [0.1, 0.15) is 35.1 Å². The summed E-state index contributed by atoms with van der Waals surface area (Å²) in [5.74, 6) is 0. The summed E-state index contributed by atoms with van der Waals surface area (Å²) in [6, 6.07) is 20.5. The van der Waals surface area contributed by atoms with E-state index in [1.54, 1.807) is 11.9 Å². The van der Waals surface area contributed by atoms with Gasteiger partial charge in [0.1, 0.15) is 0 Å². The van der Waals surface area contributed by atoms with Crippen LogP contribution in [0.4, 0.5) is 16.2 Å². The van der Waals surface area contributed by atoms with Crippen molar-refractivity contribution in [3.8, 4) is 11.3 Å². The molecule has 5 N–H and O–H groups in total. The lowest BCUT2D eigenvalue weighted by molar-refractivity contribution is 0.248. The minimum Gasteiger partial charge on any atom is -0.354 e. The molecule has 0 saturated carbocycles. The van der Waals surface area contributed by atoms with E-state index >= 15 is 0 Å². The minimum atomic E-state index is -0.449. The van der Waals surface area contributed by atoms with Gasteiger partial charge in [-0.2, -0.15) is 10.5 Å². The smallest absolute Gasteiger partial charge is 0.343 e. The van der Waals surface area contributed by atoms with Crippen molar-refractivity contribution >= 4 is 40.3 Å². The number of rotatable bonds is 13. The predicted molar refractivity (Wildman–Crippen MR) is 168 cm³/mol. The van der Waals surface area contributed by atoms with Gasteiger partial charge in [-0.25, -0.2) is 4.79 Å². The number of unbranched alkanes of at least 4 members (excludes halogenated alkanes) is 1. The molecular weight excluding hydrogens is 518 g/mol. The Labute approximate surface area is 240 Å². The van der Waals surface area contributed by atoms with Gasteiger partial charge in [0, 0.05) is 35.6 Å². The summed E-state index contributed by atoms with van der Waals surface area (Å²) in [5.41, 5.74) is 17.4. The summed E-state index contributed by atoms with van der Waals surface area (Å²) in [6.45, 7) is 6.03. The summed E-state index contributed by atoms with van der Waals surface area (Å²) in [7, 11) is 1.53. The Morgan fingerprint density at radius 2 is 1.73 bits per heavy atom. The molecule has 4 rings (SSSR count). The molecule has 0 spiro atoms. The average molecular weight is 558 g/mol. The number of hydrogen-bond acceptors (Lipinski definition) is 6. The number of H-pyrrole nitrogens is 1. The highest BCUT2D eigenvalue weighted by Gasteiger charge is 2.18. The number of nitrogens with zero attached hydrogens (tertiary/aromatic N) is 2. The Balaban J connectivity index is 1.46. The van der Waals surface area contributed by atoms with Gasteiger partial charge in [0.05, 0.1) is 5.69 Å². The van der Waals surface area contributed by atoms with E-state index in [1.165, 1.54) is 29.3 Å². The molecule has 4 aromatic rings. The molecule has 0 aliphatic heterocycles. The maximum Gasteiger partial charge on any atom is 0.343 e. The number of benzene rings is 3. The Kier molecular flexibility index (Phi) is 10.2. The van der Waals surface area contributed by atoms with Crippen LogP contribution in [0.15, 0.2) is 65.9 Å². The van der Waals surface area contributed by atoms with Crippen molar-refractivity contribution in [1.82, 2.24) is 15.6 Å². The number of amides is 2. The molecule has 0 unspecified atom stereocenters. The number of nitrogens with one attached hydrogen (secondary N) is 5. The van der Waals surface area contributed by atoms with E-state index in [0.29, 0.717) is 5.69 Å². The van der Waals surface area contributed by atoms with E-state index in [2.05, 4.69) is 81.9 Å². The van der Waals surface area contributed by atoms with E-state index in [-0.39, 0.29) is 0 Å². The molecule has 0 bridgehead atoms. The molecule has 0 atom stereocenters. The standard InChI is InChI=1S/C31H39N7OS/c1-21-17-22(2)19-24(18-21)30-27(28-20-26(12-13-29(28)35-30)38(37-32)31(39)33-3)14-16-34-15-6-5-7-23-8-10-25(11-9-23)36-40-4/h8-13,17-20,32,34-36H,5-7,14-16H2,1-4H3,(H,33,39). The van der Waals surface area contributed by atoms with Crippen LogP contribution in [0.25, 0.3) is 22.2 Å². The molecule has 0 radical (unpaired) electrons. The topological polar surface area (TPSA) is 108 Å². The van der Waals surface area contributed by atoms with Gasteiger partial charge in [-0.05, 0) is 112 Å². The van der Waals surface area contributed by atoms with Gasteiger partial charge in [-0.3, -0.25) is 0 Å². The van der Waals surface area contributed by atoms with Crippen molar-refractivity contribution in [3.63, 3.8) is 0 Å². The van der Waals surface area contributed by atoms with Gasteiger partial charge in [-0.1, -0.05) is 46.5 Å². The number of hydrogen-bond donors (Lipinski definition) is 5. The summed E-state index contributed by atoms with van der Waals surface area (Å²) < 4.78 is 3.26. The molecule has 1 aromatic heterocycles. The Bertz CT molecular complexity index is 1430. The second kappa shape index (κ2) is 14.0. The first kappa shape index (κ1) is 29.2. The molecule has 1 heterocycles. The Hall–Kier alpha value is -3.82. The van der Waals surface area contributed by atoms with Crippen molar-refractivity contribution in [2.75, 3.05) is 36.1 Å². The number of urea groups is 1. The molecule has 0 saturated heterocycles. The van der Waals surface area contributed by atoms with E-state index < -0.39 is 6.03 Å². The van der Waals surface area contributed by atoms with Crippen LogP contribution in [0, 0.1) is 19.4 Å². The quantitative estimate of drug-likeness (QED) is 0.0511. The molecular formula is C31H39N7OS. The number of fused-ring (bicyclic) bond motifs is 1. The number of carbonyl (C=O) groups is 1. The third-order valence-corrected chi connectivity index (χ3v) is 7.39. The first-order valence-electron chi connectivity index (χ1n) is 13.6. The fourth-order valence-corrected chi connectivity index (χ4v) is 5.47. The van der Waals surface area contributed by atoms with Gasteiger partial charge in [-0.15, -0.1) is 0 Å². The van der Waals surface area contributed by atoms with E-state index in [1.807, 2.05) is 24.5 Å². The molecule has 2 amide bonds. The first-order chi connectivity index (χ1) is 19.4. The first-order valence-corrected chi connectivity index (χ1v) is 14.9. The van der Waals surface area contributed by atoms with Crippen LogP contribution < -0.4 is 20.4 Å². The number of anilines is 2. The normalized spacial score (nSPS) is 11.0. The molecule has 9 heteroatoms. The molecule has 0 aliphatic rings. The highest BCUT2D eigenvalue weighted by Crippen LogP contribution is 2.34. The van der Waals surface area contributed by atoms with Gasteiger partial charge in [0.15, 0.2) is 0 Å². The zero-order valence-electron chi connectivity index (χ0n) is 23.7. The molecule has 40 heavy (non-hydrogen) atoms. The van der Waals surface area contributed by atoms with E-state index in [9.17, 15) is 4.79 Å². The fraction of sp³-hybridized carbons (Fsp3) is 0.323. The number of aromatic amines is 1. The molecule has 0 fully saturated rings. The summed E-state index contributed by atoms with van der Waals surface area (Å²) in [6.07, 6.45) is 6.18. The number of carbonyl (C=O) groups excluding carboxylic acids is 1. The summed E-state index contributed by atoms with van der Waals surface area (Å²) in [4.78, 5) is 15.9. The maximum atomic E-state index is 12.3. The van der Waals surface area contributed by atoms with Crippen LogP contribution in [-0.4, -0.2) is 37.4 Å². The zero-order valence-corrected chi connectivity index (χ0v) is 24.5. The highest BCUT2D eigenvalue weighted by atomic mass is 32.2. The molecule has 0 aliphatic carbocycles. The van der Waals surface area contributed by atoms with Crippen LogP contribution in [0.2, 0.25) is 0 Å². The van der Waals surface area contributed by atoms with Gasteiger partial charge < -0.3 is 20.3 Å². The fourth-order valence-electron chi connectivity index (χ4n) is 5.09. The van der Waals surface area contributed by atoms with Crippen LogP contribution >= 0.6 is 11.9 Å². The van der Waals surface area contributed by atoms with Crippen molar-refractivity contribution in [2.24, 2.45) is 5.22 Å². The summed E-state index contributed by atoms with van der Waals surface area (Å²) >= 11 is 1.60. The minimum absolute atomic E-state index is 0.449. The van der Waals surface area contributed by atoms with Crippen LogP contribution in [0.5, 0.6) is 0 Å². The van der Waals surface area contributed by atoms with E-state index in [4.69, 9.17) is 5.53 Å². The summed E-state index contributed by atoms with van der Waals surface area (Å²) in [5, 5.41) is 11.7. The maximum absolute atomic E-state index is 12.3. The number of aromatic nitrogens is 1. The lowest BCUT2D eigenvalue weighted by Gasteiger charge is -2.14. The average Bonchev–Trinajstić information content (AvgIpc) is 3.31. The molecule has 8 nitrogen and oxygen atoms in total. The van der Waals surface area contributed by atoms with Gasteiger partial charge >= 0.3 is 6.03 Å². The van der Waals surface area contributed by atoms with Crippen molar-refractivity contribution in [1.29, 1.82) is 5.53 Å². The lowest BCUT2D eigenvalue weighted by atomic mass is 9.99. The van der Waals surface area contributed by atoms with Crippen LogP contribution in [0.3, 0.4) is 0 Å². The highest BCUT2D eigenvalue weighted by molar-refractivity contribution is 7.99. The second-order valence-corrected chi connectivity index (χ2v) is 10.6. The van der Waals surface area contributed by atoms with Crippen molar-refractivity contribution < 1.29 is 4.79 Å². The van der Waals surface area contributed by atoms with Gasteiger partial charge in [0.2, 0.25) is 0 Å². The van der Waals surface area contributed by atoms with Gasteiger partial charge in [0.25, 0.3) is 0 Å². The monoisotopic (exact) mass is 557 g/mol. The van der Waals surface area contributed by atoms with Crippen molar-refractivity contribution in [2.45, 2.75) is 39.5 Å². The van der Waals surface area contributed by atoms with E-state index in [0.717, 1.165) is 71.6 Å². The SMILES string of the molecule is CNC(=O)N(N=N)c1ccc2[nH]c(-c3cc(C)cc(C)c3)c(CCNCCCCc3ccc(NSC)cc3)c2c1. The largest absolute Gasteiger partial charge is 0.354 e. The van der Waals surface area contributed by atoms with Crippen molar-refractivity contribution in [3.05, 3.63) is 82.9 Å². The predicted octanol–water partition coefficient (Wildman–Crippen LogP) is 7.39. The van der Waals surface area contributed by atoms with Crippen LogP contribution in [-0.2, 0) is 12.8 Å². The Morgan fingerprint density at radius 3 is 2.40 bits per heavy atom. The third kappa shape index (κ3) is 7.22. The zero-order chi connectivity index (χ0) is 28.5. The molecule has 210 valence electrons. The Morgan fingerprint density at radius 1 is 0.975 bits per heavy atom. The second-order valence-electron chi connectivity index (χ2n) is 10.0. The third-order valence-electron chi connectivity index (χ3n) is 6.95. The lowest BCUT2D eigenvalue weighted by Crippen LogP contribution is -2.33.